The zero-order valence-corrected chi connectivity index (χ0v) is 10.3. The van der Waals surface area contributed by atoms with Gasteiger partial charge < -0.3 is 15.1 Å². The second-order valence-electron chi connectivity index (χ2n) is 3.80. The number of carbonyl (C=O) groups excluding carboxylic acids is 2. The predicted molar refractivity (Wildman–Crippen MR) is 64.1 cm³/mol. The number of nitrogens with one attached hydrogen (secondary N) is 1. The summed E-state index contributed by atoms with van der Waals surface area (Å²) in [6.07, 6.45) is 0. The van der Waals surface area contributed by atoms with E-state index < -0.39 is 0 Å². The third-order valence-corrected chi connectivity index (χ3v) is 2.96. The molecule has 0 unspecified atom stereocenters. The number of Topliss-reactive ketones (excluding diaryl/α,β-unsaturated/α-hetero) is 1. The molecule has 0 aliphatic carbocycles. The Morgan fingerprint density at radius 1 is 1.31 bits per heavy atom. The topological polar surface area (TPSA) is 78.7 Å². The summed E-state index contributed by atoms with van der Waals surface area (Å²) >= 11 is 0.976. The Kier molecular flexibility index (Phi) is 5.58. The van der Waals surface area contributed by atoms with E-state index in [0.717, 1.165) is 25.0 Å². The summed E-state index contributed by atoms with van der Waals surface area (Å²) in [5.74, 6) is 0.179. The van der Waals surface area contributed by atoms with Crippen molar-refractivity contribution in [2.24, 2.45) is 5.14 Å². The van der Waals surface area contributed by atoms with E-state index in [9.17, 15) is 9.59 Å². The van der Waals surface area contributed by atoms with Crippen molar-refractivity contribution in [2.75, 3.05) is 45.5 Å². The first kappa shape index (κ1) is 13.3. The van der Waals surface area contributed by atoms with Crippen LogP contribution in [0.2, 0.25) is 0 Å². The third-order valence-electron chi connectivity index (χ3n) is 2.47. The lowest BCUT2D eigenvalue weighted by atomic mass is 10.3. The number of rotatable bonds is 4. The van der Waals surface area contributed by atoms with Crippen molar-refractivity contribution in [3.63, 3.8) is 0 Å². The Morgan fingerprint density at radius 3 is 2.50 bits per heavy atom. The Hall–Kier alpha value is -0.790. The molecule has 1 aliphatic heterocycles. The monoisotopic (exact) mass is 246 g/mol. The molecule has 0 aromatic carbocycles. The Labute approximate surface area is 99.6 Å². The van der Waals surface area contributed by atoms with Crippen LogP contribution in [0.4, 0.5) is 4.79 Å². The van der Waals surface area contributed by atoms with Crippen molar-refractivity contribution < 1.29 is 9.59 Å². The van der Waals surface area contributed by atoms with Gasteiger partial charge in [0.15, 0.2) is 5.78 Å². The Morgan fingerprint density at radius 2 is 1.94 bits per heavy atom. The molecule has 6 nitrogen and oxygen atoms in total. The summed E-state index contributed by atoms with van der Waals surface area (Å²) in [7, 11) is 2.03. The van der Waals surface area contributed by atoms with Crippen molar-refractivity contribution in [1.29, 1.82) is 0 Å². The van der Waals surface area contributed by atoms with Crippen LogP contribution in [0.5, 0.6) is 0 Å². The predicted octanol–water partition coefficient (Wildman–Crippen LogP) is -0.881. The fraction of sp³-hybridized carbons (Fsp3) is 0.778. The average Bonchev–Trinajstić information content (AvgIpc) is 2.27. The van der Waals surface area contributed by atoms with E-state index in [2.05, 4.69) is 10.2 Å². The second-order valence-corrected chi connectivity index (χ2v) is 4.42. The molecule has 0 atom stereocenters. The van der Waals surface area contributed by atoms with Gasteiger partial charge in [-0.2, -0.15) is 0 Å². The highest BCUT2D eigenvalue weighted by molar-refractivity contribution is 7.97. The van der Waals surface area contributed by atoms with E-state index in [0.29, 0.717) is 13.1 Å². The maximum absolute atomic E-state index is 11.6. The van der Waals surface area contributed by atoms with Crippen LogP contribution in [-0.2, 0) is 4.79 Å². The zero-order valence-electron chi connectivity index (χ0n) is 9.44. The van der Waals surface area contributed by atoms with Crippen LogP contribution in [-0.4, -0.2) is 67.1 Å². The Bertz CT molecular complexity index is 254. The molecule has 7 heteroatoms. The molecule has 92 valence electrons. The highest BCUT2D eigenvalue weighted by atomic mass is 32.2. The summed E-state index contributed by atoms with van der Waals surface area (Å²) in [5, 5.41) is 7.76. The van der Waals surface area contributed by atoms with Gasteiger partial charge in [0.05, 0.1) is 12.3 Å². The van der Waals surface area contributed by atoms with Crippen LogP contribution in [0, 0.1) is 0 Å². The van der Waals surface area contributed by atoms with Gasteiger partial charge in [0, 0.05) is 26.2 Å². The number of likely N-dealkylation sites (N-methyl/N-ethyl adjacent to an activating group) is 1. The van der Waals surface area contributed by atoms with Crippen LogP contribution in [0.1, 0.15) is 0 Å². The molecule has 0 aromatic heterocycles. The summed E-state index contributed by atoms with van der Waals surface area (Å²) in [4.78, 5) is 26.7. The number of ketones is 1. The first-order chi connectivity index (χ1) is 7.63. The quantitative estimate of drug-likeness (QED) is 0.630. The molecule has 1 fully saturated rings. The lowest BCUT2D eigenvalue weighted by molar-refractivity contribution is -0.115. The van der Waals surface area contributed by atoms with Crippen LogP contribution in [0.25, 0.3) is 0 Å². The summed E-state index contributed by atoms with van der Waals surface area (Å²) in [5.41, 5.74) is 0. The number of hydrogen-bond acceptors (Lipinski definition) is 5. The van der Waals surface area contributed by atoms with Crippen molar-refractivity contribution in [3.05, 3.63) is 0 Å². The number of carbonyl (C=O) groups is 2. The number of nitrogens with two attached hydrogens (primary N) is 1. The fourth-order valence-corrected chi connectivity index (χ4v) is 1.73. The molecule has 3 N–H and O–H groups in total. The molecule has 0 aromatic rings. The summed E-state index contributed by atoms with van der Waals surface area (Å²) < 4.78 is 0. The summed E-state index contributed by atoms with van der Waals surface area (Å²) in [6, 6.07) is -0.163. The molecule has 0 bridgehead atoms. The number of piperazine rings is 1. The second kappa shape index (κ2) is 6.72. The van der Waals surface area contributed by atoms with Crippen molar-refractivity contribution in [2.45, 2.75) is 0 Å². The number of amides is 2. The van der Waals surface area contributed by atoms with Crippen molar-refractivity contribution in [3.8, 4) is 0 Å². The molecule has 1 rings (SSSR count). The van der Waals surface area contributed by atoms with Gasteiger partial charge in [0.1, 0.15) is 0 Å². The van der Waals surface area contributed by atoms with Gasteiger partial charge in [-0.05, 0) is 7.05 Å². The minimum absolute atomic E-state index is 0.0602. The smallest absolute Gasteiger partial charge is 0.317 e. The minimum Gasteiger partial charge on any atom is -0.331 e. The molecule has 1 saturated heterocycles. The van der Waals surface area contributed by atoms with E-state index >= 15 is 0 Å². The zero-order chi connectivity index (χ0) is 12.0. The Balaban J connectivity index is 2.22. The first-order valence-electron chi connectivity index (χ1n) is 5.18. The van der Waals surface area contributed by atoms with Gasteiger partial charge in [-0.1, -0.05) is 11.9 Å². The van der Waals surface area contributed by atoms with Crippen molar-refractivity contribution in [1.82, 2.24) is 15.1 Å². The van der Waals surface area contributed by atoms with Gasteiger partial charge in [0.2, 0.25) is 0 Å². The van der Waals surface area contributed by atoms with E-state index in [1.54, 1.807) is 4.90 Å². The summed E-state index contributed by atoms with van der Waals surface area (Å²) in [6.45, 7) is 3.24. The SMILES string of the molecule is CN1CCN(C(=O)NCC(=O)CSN)CC1. The first-order valence-corrected chi connectivity index (χ1v) is 6.23. The molecule has 0 saturated carbocycles. The van der Waals surface area contributed by atoms with Gasteiger partial charge in [0.25, 0.3) is 0 Å². The molecular weight excluding hydrogens is 228 g/mol. The molecule has 1 aliphatic rings. The average molecular weight is 246 g/mol. The number of hydrogen-bond donors (Lipinski definition) is 2. The van der Waals surface area contributed by atoms with Crippen LogP contribution in [0.15, 0.2) is 0 Å². The number of nitrogens with zero attached hydrogens (tertiary/aromatic N) is 2. The standard InChI is InChI=1S/C9H18N4O2S/c1-12-2-4-13(5-3-12)9(15)11-6-8(14)7-16-10/h2-7,10H2,1H3,(H,11,15). The molecule has 16 heavy (non-hydrogen) atoms. The highest BCUT2D eigenvalue weighted by Gasteiger charge is 2.18. The van der Waals surface area contributed by atoms with E-state index in [-0.39, 0.29) is 24.1 Å². The van der Waals surface area contributed by atoms with Crippen molar-refractivity contribution >= 4 is 23.8 Å². The largest absolute Gasteiger partial charge is 0.331 e. The van der Waals surface area contributed by atoms with E-state index in [1.165, 1.54) is 0 Å². The maximum atomic E-state index is 11.6. The van der Waals surface area contributed by atoms with Crippen LogP contribution >= 0.6 is 11.9 Å². The van der Waals surface area contributed by atoms with E-state index in [1.807, 2.05) is 7.05 Å². The molecule has 0 radical (unpaired) electrons. The normalized spacial score (nSPS) is 17.2. The van der Waals surface area contributed by atoms with Crippen LogP contribution < -0.4 is 10.5 Å². The van der Waals surface area contributed by atoms with Crippen LogP contribution in [0.3, 0.4) is 0 Å². The molecule has 2 amide bonds. The maximum Gasteiger partial charge on any atom is 0.317 e. The molecular formula is C9H18N4O2S. The lowest BCUT2D eigenvalue weighted by Crippen LogP contribution is -2.51. The highest BCUT2D eigenvalue weighted by Crippen LogP contribution is 1.99. The fourth-order valence-electron chi connectivity index (χ4n) is 1.44. The van der Waals surface area contributed by atoms with Gasteiger partial charge in [-0.15, -0.1) is 0 Å². The number of urea groups is 1. The van der Waals surface area contributed by atoms with Gasteiger partial charge in [-0.25, -0.2) is 4.79 Å². The minimum atomic E-state index is -0.163. The molecule has 0 spiro atoms. The van der Waals surface area contributed by atoms with E-state index in [4.69, 9.17) is 5.14 Å². The lowest BCUT2D eigenvalue weighted by Gasteiger charge is -2.32. The third kappa shape index (κ3) is 4.38. The van der Waals surface area contributed by atoms with Gasteiger partial charge >= 0.3 is 6.03 Å². The molecule has 1 heterocycles. The van der Waals surface area contributed by atoms with Gasteiger partial charge in [-0.3, -0.25) is 9.93 Å².